The van der Waals surface area contributed by atoms with Crippen LogP contribution in [-0.4, -0.2) is 78.1 Å². The molecule has 2 heterocycles. The Hall–Kier alpha value is -2.38. The summed E-state index contributed by atoms with van der Waals surface area (Å²) < 4.78 is 47.2. The normalized spacial score (nSPS) is 26.0. The number of alkyl halides is 3. The largest absolute Gasteiger partial charge is 0.431 e. The SMILES string of the molecule is O=CN(O)C[C@H](C(=O)NNC1=NC(N2CCOCC2)(C(F)(F)F)C=CN1)C1CCCC1. The minimum atomic E-state index is -4.70. The number of hydrogen-bond donors (Lipinski definition) is 4. The van der Waals surface area contributed by atoms with Crippen molar-refractivity contribution in [3.05, 3.63) is 12.3 Å². The van der Waals surface area contributed by atoms with E-state index in [1.54, 1.807) is 0 Å². The van der Waals surface area contributed by atoms with Crippen LogP contribution in [-0.2, 0) is 14.3 Å². The zero-order valence-electron chi connectivity index (χ0n) is 16.9. The van der Waals surface area contributed by atoms with Crippen LogP contribution in [0.4, 0.5) is 13.2 Å². The van der Waals surface area contributed by atoms with Crippen LogP contribution in [0.25, 0.3) is 0 Å². The second kappa shape index (κ2) is 9.83. The van der Waals surface area contributed by atoms with Crippen molar-refractivity contribution in [2.75, 3.05) is 32.8 Å². The van der Waals surface area contributed by atoms with E-state index in [1.807, 2.05) is 0 Å². The Bertz CT molecular complexity index is 707. The molecule has 0 aromatic heterocycles. The molecule has 1 saturated carbocycles. The van der Waals surface area contributed by atoms with E-state index < -0.39 is 23.7 Å². The number of ether oxygens (including phenoxy) is 1. The van der Waals surface area contributed by atoms with Gasteiger partial charge < -0.3 is 10.1 Å². The summed E-state index contributed by atoms with van der Waals surface area (Å²) in [5.74, 6) is -1.58. The fourth-order valence-electron chi connectivity index (χ4n) is 4.22. The summed E-state index contributed by atoms with van der Waals surface area (Å²) >= 11 is 0. The third kappa shape index (κ3) is 5.28. The van der Waals surface area contributed by atoms with E-state index in [9.17, 15) is 28.0 Å². The molecule has 3 rings (SSSR count). The number of carbonyl (C=O) groups excluding carboxylic acids is 2. The molecule has 0 spiro atoms. The van der Waals surface area contributed by atoms with Gasteiger partial charge >= 0.3 is 6.18 Å². The van der Waals surface area contributed by atoms with Crippen molar-refractivity contribution < 1.29 is 32.7 Å². The van der Waals surface area contributed by atoms with Crippen molar-refractivity contribution in [3.8, 4) is 0 Å². The standard InChI is InChI=1S/C18H27F3N6O4/c19-18(20,21)17(26-7-9-31-10-8-26)5-6-22-16(23-17)25-24-15(29)14(11-27(30)12-28)13-3-1-2-4-13/h5-6,12-14,30H,1-4,7-11H2,(H,24,29)(H2,22,23,25)/t14-,17?/m0/s1. The highest BCUT2D eigenvalue weighted by Crippen LogP contribution is 2.39. The number of guanidine groups is 1. The topological polar surface area (TPSA) is 119 Å². The summed E-state index contributed by atoms with van der Waals surface area (Å²) in [7, 11) is 0. The molecule has 0 aromatic carbocycles. The van der Waals surface area contributed by atoms with Gasteiger partial charge in [0, 0.05) is 19.3 Å². The first kappa shape index (κ1) is 23.3. The lowest BCUT2D eigenvalue weighted by atomic mass is 9.90. The first-order valence-corrected chi connectivity index (χ1v) is 10.2. The highest BCUT2D eigenvalue weighted by atomic mass is 19.4. The highest BCUT2D eigenvalue weighted by molar-refractivity contribution is 5.86. The molecular weight excluding hydrogens is 421 g/mol. The van der Waals surface area contributed by atoms with Gasteiger partial charge in [-0.2, -0.15) is 13.2 Å². The van der Waals surface area contributed by atoms with Gasteiger partial charge in [0.15, 0.2) is 0 Å². The van der Waals surface area contributed by atoms with Gasteiger partial charge in [0.1, 0.15) is 0 Å². The smallest absolute Gasteiger partial charge is 0.379 e. The average molecular weight is 448 g/mol. The second-order valence-corrected chi connectivity index (χ2v) is 7.75. The summed E-state index contributed by atoms with van der Waals surface area (Å²) in [5, 5.41) is 12.5. The van der Waals surface area contributed by atoms with E-state index in [4.69, 9.17) is 4.74 Å². The van der Waals surface area contributed by atoms with Gasteiger partial charge in [-0.3, -0.25) is 30.5 Å². The third-order valence-electron chi connectivity index (χ3n) is 5.84. The lowest BCUT2D eigenvalue weighted by Gasteiger charge is -2.43. The number of morpholine rings is 1. The van der Waals surface area contributed by atoms with Gasteiger partial charge in [-0.25, -0.2) is 10.1 Å². The number of carbonyl (C=O) groups is 2. The average Bonchev–Trinajstić information content (AvgIpc) is 3.30. The van der Waals surface area contributed by atoms with Crippen LogP contribution in [0.2, 0.25) is 0 Å². The molecule has 1 saturated heterocycles. The maximum absolute atomic E-state index is 14.0. The molecule has 4 N–H and O–H groups in total. The number of hydrazine groups is 1. The molecule has 0 aromatic rings. The zero-order chi connectivity index (χ0) is 22.5. The molecule has 0 radical (unpaired) electrons. The molecule has 2 atom stereocenters. The van der Waals surface area contributed by atoms with Crippen molar-refractivity contribution in [2.24, 2.45) is 16.8 Å². The van der Waals surface area contributed by atoms with Crippen molar-refractivity contribution >= 4 is 18.3 Å². The summed E-state index contributed by atoms with van der Waals surface area (Å²) in [6.07, 6.45) is 0.957. The lowest BCUT2D eigenvalue weighted by Crippen LogP contribution is -2.63. The summed E-state index contributed by atoms with van der Waals surface area (Å²) in [6.45, 7) is 0.211. The number of halogens is 3. The zero-order valence-corrected chi connectivity index (χ0v) is 16.9. The highest BCUT2D eigenvalue weighted by Gasteiger charge is 2.58. The van der Waals surface area contributed by atoms with E-state index in [0.29, 0.717) is 5.06 Å². The number of aliphatic imine (C=N–C) groups is 1. The number of amides is 2. The summed E-state index contributed by atoms with van der Waals surface area (Å²) in [4.78, 5) is 28.5. The Morgan fingerprint density at radius 1 is 1.42 bits per heavy atom. The van der Waals surface area contributed by atoms with Crippen molar-refractivity contribution in [2.45, 2.75) is 37.5 Å². The van der Waals surface area contributed by atoms with E-state index in [-0.39, 0.29) is 51.1 Å². The lowest BCUT2D eigenvalue weighted by molar-refractivity contribution is -0.221. The van der Waals surface area contributed by atoms with Crippen molar-refractivity contribution in [3.63, 3.8) is 0 Å². The fraction of sp³-hybridized carbons (Fsp3) is 0.722. The van der Waals surface area contributed by atoms with Crippen LogP contribution in [0, 0.1) is 11.8 Å². The van der Waals surface area contributed by atoms with Crippen LogP contribution < -0.4 is 16.2 Å². The third-order valence-corrected chi connectivity index (χ3v) is 5.84. The fourth-order valence-corrected chi connectivity index (χ4v) is 4.22. The van der Waals surface area contributed by atoms with E-state index >= 15 is 0 Å². The van der Waals surface area contributed by atoms with Gasteiger partial charge in [0.05, 0.1) is 25.7 Å². The molecule has 3 aliphatic rings. The minimum Gasteiger partial charge on any atom is -0.379 e. The van der Waals surface area contributed by atoms with Crippen LogP contribution >= 0.6 is 0 Å². The number of rotatable bonds is 6. The summed E-state index contributed by atoms with van der Waals surface area (Å²) in [6, 6.07) is 0. The Balaban J connectivity index is 1.72. The molecule has 2 aliphatic heterocycles. The van der Waals surface area contributed by atoms with E-state index in [2.05, 4.69) is 21.2 Å². The molecule has 13 heteroatoms. The quantitative estimate of drug-likeness (QED) is 0.263. The van der Waals surface area contributed by atoms with Gasteiger partial charge in [-0.1, -0.05) is 12.8 Å². The number of hydroxylamine groups is 2. The maximum Gasteiger partial charge on any atom is 0.431 e. The van der Waals surface area contributed by atoms with Crippen molar-refractivity contribution in [1.29, 1.82) is 0 Å². The molecule has 1 unspecified atom stereocenters. The molecule has 0 bridgehead atoms. The molecule has 174 valence electrons. The molecule has 1 aliphatic carbocycles. The maximum atomic E-state index is 14.0. The second-order valence-electron chi connectivity index (χ2n) is 7.75. The predicted octanol–water partition coefficient (Wildman–Crippen LogP) is 0.325. The Morgan fingerprint density at radius 3 is 2.71 bits per heavy atom. The number of nitrogens with one attached hydrogen (secondary N) is 3. The molecular formula is C18H27F3N6O4. The van der Waals surface area contributed by atoms with Gasteiger partial charge in [0.25, 0.3) is 0 Å². The first-order chi connectivity index (χ1) is 14.8. The van der Waals surface area contributed by atoms with Crippen LogP contribution in [0.1, 0.15) is 25.7 Å². The molecule has 2 amide bonds. The van der Waals surface area contributed by atoms with Gasteiger partial charge in [-0.05, 0) is 24.8 Å². The predicted molar refractivity (Wildman–Crippen MR) is 102 cm³/mol. The van der Waals surface area contributed by atoms with Crippen LogP contribution in [0.15, 0.2) is 17.3 Å². The number of hydrogen-bond acceptors (Lipinski definition) is 8. The Kier molecular flexibility index (Phi) is 7.38. The Labute approximate surface area is 177 Å². The summed E-state index contributed by atoms with van der Waals surface area (Å²) in [5.41, 5.74) is 2.21. The molecule has 31 heavy (non-hydrogen) atoms. The monoisotopic (exact) mass is 448 g/mol. The van der Waals surface area contributed by atoms with Crippen LogP contribution in [0.3, 0.4) is 0 Å². The van der Waals surface area contributed by atoms with E-state index in [1.165, 1.54) is 4.90 Å². The van der Waals surface area contributed by atoms with Crippen molar-refractivity contribution in [1.82, 2.24) is 26.1 Å². The molecule has 2 fully saturated rings. The van der Waals surface area contributed by atoms with Gasteiger partial charge in [0.2, 0.25) is 23.9 Å². The van der Waals surface area contributed by atoms with E-state index in [0.717, 1.165) is 38.0 Å². The molecule has 10 nitrogen and oxygen atoms in total. The Morgan fingerprint density at radius 2 is 2.10 bits per heavy atom. The first-order valence-electron chi connectivity index (χ1n) is 10.2. The van der Waals surface area contributed by atoms with Gasteiger partial charge in [-0.15, -0.1) is 0 Å². The number of nitrogens with zero attached hydrogens (tertiary/aromatic N) is 3. The van der Waals surface area contributed by atoms with Crippen LogP contribution in [0.5, 0.6) is 0 Å². The minimum absolute atomic E-state index is 0.0415.